The fourth-order valence-electron chi connectivity index (χ4n) is 3.10. The van der Waals surface area contributed by atoms with Gasteiger partial charge < -0.3 is 21.7 Å². The van der Waals surface area contributed by atoms with Crippen LogP contribution in [0.3, 0.4) is 0 Å². The van der Waals surface area contributed by atoms with Gasteiger partial charge in [-0.15, -0.1) is 0 Å². The van der Waals surface area contributed by atoms with Crippen LogP contribution in [-0.2, 0) is 16.1 Å². The minimum Gasteiger partial charge on any atom is -0.368 e. The quantitative estimate of drug-likeness (QED) is 0.694. The topological polar surface area (TPSA) is 143 Å². The number of nitrogen functional groups attached to an aromatic ring is 2. The van der Waals surface area contributed by atoms with E-state index < -0.39 is 0 Å². The summed E-state index contributed by atoms with van der Waals surface area (Å²) in [5, 5.41) is 2.84. The molecule has 0 spiro atoms. The molecule has 0 saturated heterocycles. The van der Waals surface area contributed by atoms with Gasteiger partial charge in [-0.1, -0.05) is 12.1 Å². The monoisotopic (exact) mass is 370 g/mol. The summed E-state index contributed by atoms with van der Waals surface area (Å²) in [4.78, 5) is 40.2. The van der Waals surface area contributed by atoms with Crippen LogP contribution in [0.15, 0.2) is 24.3 Å². The van der Waals surface area contributed by atoms with Gasteiger partial charge in [-0.3, -0.25) is 14.5 Å². The zero-order valence-electron chi connectivity index (χ0n) is 15.2. The molecule has 0 fully saturated rings. The molecule has 0 aliphatic carbocycles. The number of fused-ring (bicyclic) bond motifs is 1. The van der Waals surface area contributed by atoms with E-state index in [1.54, 1.807) is 22.9 Å². The SMILES string of the molecule is CC1CC(=O)Nc2ccccc2N1C(=O)CN(C)Cc1nc(N)nc(N)n1. The third kappa shape index (κ3) is 4.29. The maximum atomic E-state index is 13.0. The smallest absolute Gasteiger partial charge is 0.241 e. The molecule has 0 bridgehead atoms. The van der Waals surface area contributed by atoms with Crippen molar-refractivity contribution in [3.05, 3.63) is 30.1 Å². The lowest BCUT2D eigenvalue weighted by atomic mass is 10.1. The Hall–Kier alpha value is -3.27. The average Bonchev–Trinajstić information content (AvgIpc) is 2.67. The number of para-hydroxylation sites is 2. The normalized spacial score (nSPS) is 16.6. The van der Waals surface area contributed by atoms with Crippen molar-refractivity contribution in [3.8, 4) is 0 Å². The van der Waals surface area contributed by atoms with Gasteiger partial charge in [-0.05, 0) is 26.1 Å². The van der Waals surface area contributed by atoms with E-state index in [4.69, 9.17) is 11.5 Å². The van der Waals surface area contributed by atoms with Gasteiger partial charge in [0.25, 0.3) is 0 Å². The predicted molar refractivity (Wildman–Crippen MR) is 102 cm³/mol. The number of rotatable bonds is 4. The fourth-order valence-corrected chi connectivity index (χ4v) is 3.10. The summed E-state index contributed by atoms with van der Waals surface area (Å²) >= 11 is 0. The van der Waals surface area contributed by atoms with Crippen molar-refractivity contribution in [3.63, 3.8) is 0 Å². The molecular weight excluding hydrogens is 348 g/mol. The number of likely N-dealkylation sites (N-methyl/N-ethyl adjacent to an activating group) is 1. The Morgan fingerprint density at radius 3 is 2.63 bits per heavy atom. The molecule has 2 heterocycles. The summed E-state index contributed by atoms with van der Waals surface area (Å²) in [6.45, 7) is 2.25. The lowest BCUT2D eigenvalue weighted by molar-refractivity contribution is -0.120. The molecule has 2 aromatic rings. The highest BCUT2D eigenvalue weighted by Crippen LogP contribution is 2.31. The van der Waals surface area contributed by atoms with Crippen molar-refractivity contribution in [2.75, 3.05) is 35.3 Å². The van der Waals surface area contributed by atoms with E-state index in [1.807, 2.05) is 25.1 Å². The first-order valence-corrected chi connectivity index (χ1v) is 8.49. The number of carbonyl (C=O) groups excluding carboxylic acids is 2. The van der Waals surface area contributed by atoms with Gasteiger partial charge in [0, 0.05) is 12.5 Å². The van der Waals surface area contributed by atoms with Crippen LogP contribution in [0.5, 0.6) is 0 Å². The average molecular weight is 370 g/mol. The summed E-state index contributed by atoms with van der Waals surface area (Å²) in [6, 6.07) is 7.00. The molecule has 142 valence electrons. The second kappa shape index (κ2) is 7.54. The minimum absolute atomic E-state index is 0.0388. The van der Waals surface area contributed by atoms with Crippen LogP contribution in [0.1, 0.15) is 19.2 Å². The van der Waals surface area contributed by atoms with E-state index in [1.165, 1.54) is 0 Å². The molecule has 2 amide bonds. The van der Waals surface area contributed by atoms with Crippen molar-refractivity contribution in [1.29, 1.82) is 0 Å². The molecule has 1 aromatic carbocycles. The molecule has 10 heteroatoms. The molecule has 0 radical (unpaired) electrons. The van der Waals surface area contributed by atoms with Gasteiger partial charge in [-0.25, -0.2) is 0 Å². The maximum Gasteiger partial charge on any atom is 0.241 e. The number of hydrogen-bond acceptors (Lipinski definition) is 8. The molecule has 10 nitrogen and oxygen atoms in total. The Morgan fingerprint density at radius 2 is 1.93 bits per heavy atom. The van der Waals surface area contributed by atoms with Crippen molar-refractivity contribution in [2.24, 2.45) is 0 Å². The lowest BCUT2D eigenvalue weighted by Crippen LogP contribution is -2.44. The number of aromatic nitrogens is 3. The first-order chi connectivity index (χ1) is 12.8. The maximum absolute atomic E-state index is 13.0. The van der Waals surface area contributed by atoms with Gasteiger partial charge in [-0.2, -0.15) is 15.0 Å². The largest absolute Gasteiger partial charge is 0.368 e. The Bertz CT molecular complexity index is 852. The first-order valence-electron chi connectivity index (χ1n) is 8.49. The van der Waals surface area contributed by atoms with Gasteiger partial charge in [0.1, 0.15) is 5.82 Å². The highest BCUT2D eigenvalue weighted by molar-refractivity contribution is 6.04. The molecule has 1 aliphatic rings. The van der Waals surface area contributed by atoms with E-state index in [9.17, 15) is 9.59 Å². The van der Waals surface area contributed by atoms with Crippen LogP contribution in [0.25, 0.3) is 0 Å². The third-order valence-corrected chi connectivity index (χ3v) is 4.16. The van der Waals surface area contributed by atoms with Crippen LogP contribution < -0.4 is 21.7 Å². The van der Waals surface area contributed by atoms with Crippen molar-refractivity contribution >= 4 is 35.1 Å². The Balaban J connectivity index is 1.77. The number of amides is 2. The number of carbonyl (C=O) groups is 2. The second-order valence-corrected chi connectivity index (χ2v) is 6.52. The van der Waals surface area contributed by atoms with Crippen molar-refractivity contribution < 1.29 is 9.59 Å². The van der Waals surface area contributed by atoms with Gasteiger partial charge in [0.15, 0.2) is 0 Å². The molecule has 1 unspecified atom stereocenters. The number of benzene rings is 1. The van der Waals surface area contributed by atoms with Crippen LogP contribution in [0, 0.1) is 0 Å². The van der Waals surface area contributed by atoms with Crippen molar-refractivity contribution in [1.82, 2.24) is 19.9 Å². The van der Waals surface area contributed by atoms with Gasteiger partial charge >= 0.3 is 0 Å². The molecule has 1 aliphatic heterocycles. The first kappa shape index (κ1) is 18.5. The summed E-state index contributed by atoms with van der Waals surface area (Å²) in [5.41, 5.74) is 12.5. The molecule has 5 N–H and O–H groups in total. The standard InChI is InChI=1S/C17H22N8O2/c1-10-7-14(26)20-11-5-3-4-6-12(11)25(10)15(27)9-24(2)8-13-21-16(18)23-17(19)22-13/h3-6,10H,7-9H2,1-2H3,(H,20,26)(H4,18,19,21,22,23). The van der Waals surface area contributed by atoms with E-state index in [0.29, 0.717) is 17.2 Å². The zero-order chi connectivity index (χ0) is 19.6. The van der Waals surface area contributed by atoms with Gasteiger partial charge in [0.05, 0.1) is 24.5 Å². The summed E-state index contributed by atoms with van der Waals surface area (Å²) in [7, 11) is 1.77. The Kier molecular flexibility index (Phi) is 5.17. The lowest BCUT2D eigenvalue weighted by Gasteiger charge is -2.29. The highest BCUT2D eigenvalue weighted by atomic mass is 16.2. The van der Waals surface area contributed by atoms with E-state index in [0.717, 1.165) is 0 Å². The van der Waals surface area contributed by atoms with Crippen LogP contribution >= 0.6 is 0 Å². The number of nitrogens with two attached hydrogens (primary N) is 2. The predicted octanol–water partition coefficient (Wildman–Crippen LogP) is 0.232. The van der Waals surface area contributed by atoms with Crippen LogP contribution in [0.2, 0.25) is 0 Å². The molecule has 0 saturated carbocycles. The third-order valence-electron chi connectivity index (χ3n) is 4.16. The van der Waals surface area contributed by atoms with Crippen LogP contribution in [0.4, 0.5) is 23.3 Å². The van der Waals surface area contributed by atoms with Crippen molar-refractivity contribution in [2.45, 2.75) is 25.9 Å². The zero-order valence-corrected chi connectivity index (χ0v) is 15.2. The minimum atomic E-state index is -0.266. The molecule has 3 rings (SSSR count). The van der Waals surface area contributed by atoms with Crippen LogP contribution in [-0.4, -0.2) is 51.3 Å². The molecule has 1 atom stereocenters. The number of hydrogen-bond donors (Lipinski definition) is 3. The van der Waals surface area contributed by atoms with E-state index in [-0.39, 0.29) is 49.3 Å². The van der Waals surface area contributed by atoms with E-state index in [2.05, 4.69) is 20.3 Å². The molecular formula is C17H22N8O2. The van der Waals surface area contributed by atoms with E-state index >= 15 is 0 Å². The number of nitrogens with one attached hydrogen (secondary N) is 1. The fraction of sp³-hybridized carbons (Fsp3) is 0.353. The summed E-state index contributed by atoms with van der Waals surface area (Å²) in [5.74, 6) is 0.212. The summed E-state index contributed by atoms with van der Waals surface area (Å²) < 4.78 is 0. The second-order valence-electron chi connectivity index (χ2n) is 6.52. The summed E-state index contributed by atoms with van der Waals surface area (Å²) in [6.07, 6.45) is 0.227. The Labute approximate surface area is 156 Å². The van der Waals surface area contributed by atoms with Gasteiger partial charge in [0.2, 0.25) is 23.7 Å². The highest BCUT2D eigenvalue weighted by Gasteiger charge is 2.30. The Morgan fingerprint density at radius 1 is 1.26 bits per heavy atom. The molecule has 27 heavy (non-hydrogen) atoms. The molecule has 1 aromatic heterocycles. The number of anilines is 4. The number of nitrogens with zero attached hydrogens (tertiary/aromatic N) is 5.